The number of rotatable bonds is 3. The molecule has 0 amide bonds. The van der Waals surface area contributed by atoms with Gasteiger partial charge in [0, 0.05) is 16.6 Å². The summed E-state index contributed by atoms with van der Waals surface area (Å²) in [6, 6.07) is 9.69. The zero-order chi connectivity index (χ0) is 13.1. The third-order valence-corrected chi connectivity index (χ3v) is 3.16. The van der Waals surface area contributed by atoms with E-state index in [4.69, 9.17) is 22.1 Å². The van der Waals surface area contributed by atoms with E-state index in [1.165, 1.54) is 6.07 Å². The van der Waals surface area contributed by atoms with Crippen molar-refractivity contribution in [2.75, 3.05) is 0 Å². The summed E-state index contributed by atoms with van der Waals surface area (Å²) in [7, 11) is 0. The first kappa shape index (κ1) is 13.3. The summed E-state index contributed by atoms with van der Waals surface area (Å²) in [6.45, 7) is 0.269. The Kier molecular flexibility index (Phi) is 4.22. The molecule has 0 spiro atoms. The molecule has 0 heterocycles. The molecule has 0 bridgehead atoms. The molecule has 2 rings (SSSR count). The SMILES string of the molecule is NCc1cccc(Cl)c1Oc1cc(Br)ccc1F. The largest absolute Gasteiger partial charge is 0.452 e. The van der Waals surface area contributed by atoms with Gasteiger partial charge in [-0.05, 0) is 24.3 Å². The third-order valence-electron chi connectivity index (χ3n) is 2.37. The van der Waals surface area contributed by atoms with Crippen molar-refractivity contribution in [2.24, 2.45) is 5.73 Å². The Bertz CT molecular complexity index is 577. The first-order valence-electron chi connectivity index (χ1n) is 5.22. The van der Waals surface area contributed by atoms with Crippen LogP contribution < -0.4 is 10.5 Å². The van der Waals surface area contributed by atoms with Gasteiger partial charge in [0.15, 0.2) is 17.3 Å². The predicted octanol–water partition coefficient (Wildman–Crippen LogP) is 4.49. The van der Waals surface area contributed by atoms with Crippen molar-refractivity contribution in [1.82, 2.24) is 0 Å². The molecule has 2 aromatic carbocycles. The molecule has 0 atom stereocenters. The Labute approximate surface area is 118 Å². The summed E-state index contributed by atoms with van der Waals surface area (Å²) in [5.74, 6) is 0.0342. The van der Waals surface area contributed by atoms with Gasteiger partial charge < -0.3 is 10.5 Å². The summed E-state index contributed by atoms with van der Waals surface area (Å²) in [4.78, 5) is 0. The maximum Gasteiger partial charge on any atom is 0.165 e. The van der Waals surface area contributed by atoms with Crippen LogP contribution in [0, 0.1) is 5.82 Å². The van der Waals surface area contributed by atoms with E-state index < -0.39 is 5.82 Å². The first-order chi connectivity index (χ1) is 8.61. The third kappa shape index (κ3) is 2.83. The topological polar surface area (TPSA) is 35.2 Å². The van der Waals surface area contributed by atoms with Crippen molar-refractivity contribution in [2.45, 2.75) is 6.54 Å². The summed E-state index contributed by atoms with van der Waals surface area (Å²) in [6.07, 6.45) is 0. The Morgan fingerprint density at radius 2 is 2.06 bits per heavy atom. The lowest BCUT2D eigenvalue weighted by molar-refractivity contribution is 0.437. The van der Waals surface area contributed by atoms with Crippen LogP contribution in [0.1, 0.15) is 5.56 Å². The minimum Gasteiger partial charge on any atom is -0.452 e. The average molecular weight is 331 g/mol. The van der Waals surface area contributed by atoms with Gasteiger partial charge in [-0.15, -0.1) is 0 Å². The number of benzene rings is 2. The maximum atomic E-state index is 13.6. The minimum atomic E-state index is -0.457. The Balaban J connectivity index is 2.42. The lowest BCUT2D eigenvalue weighted by atomic mass is 10.2. The standard InChI is InChI=1S/C13H10BrClFNO/c14-9-4-5-11(16)12(6-9)18-13-8(7-17)2-1-3-10(13)15/h1-6H,7,17H2. The van der Waals surface area contributed by atoms with Crippen LogP contribution in [0.3, 0.4) is 0 Å². The van der Waals surface area contributed by atoms with Gasteiger partial charge in [0.25, 0.3) is 0 Å². The summed E-state index contributed by atoms with van der Waals surface area (Å²) in [5.41, 5.74) is 6.32. The lowest BCUT2D eigenvalue weighted by Gasteiger charge is -2.12. The molecule has 94 valence electrons. The van der Waals surface area contributed by atoms with Crippen molar-refractivity contribution >= 4 is 27.5 Å². The molecular formula is C13H10BrClFNO. The van der Waals surface area contributed by atoms with Crippen LogP contribution in [0.5, 0.6) is 11.5 Å². The van der Waals surface area contributed by atoms with E-state index in [-0.39, 0.29) is 12.3 Å². The fourth-order valence-electron chi connectivity index (χ4n) is 1.49. The predicted molar refractivity (Wildman–Crippen MR) is 73.5 cm³/mol. The van der Waals surface area contributed by atoms with Gasteiger partial charge in [-0.25, -0.2) is 4.39 Å². The highest BCUT2D eigenvalue weighted by molar-refractivity contribution is 9.10. The van der Waals surface area contributed by atoms with Crippen molar-refractivity contribution < 1.29 is 9.13 Å². The van der Waals surface area contributed by atoms with E-state index in [1.807, 2.05) is 0 Å². The van der Waals surface area contributed by atoms with E-state index in [2.05, 4.69) is 15.9 Å². The van der Waals surface area contributed by atoms with Crippen LogP contribution in [0.25, 0.3) is 0 Å². The Morgan fingerprint density at radius 1 is 1.28 bits per heavy atom. The fraction of sp³-hybridized carbons (Fsp3) is 0.0769. The second kappa shape index (κ2) is 5.69. The molecule has 2 nitrogen and oxygen atoms in total. The molecule has 0 aliphatic rings. The fourth-order valence-corrected chi connectivity index (χ4v) is 2.07. The quantitative estimate of drug-likeness (QED) is 0.899. The van der Waals surface area contributed by atoms with Crippen LogP contribution in [-0.4, -0.2) is 0 Å². The molecule has 0 fully saturated rings. The molecule has 0 unspecified atom stereocenters. The van der Waals surface area contributed by atoms with E-state index >= 15 is 0 Å². The second-order valence-electron chi connectivity index (χ2n) is 3.61. The Hall–Kier alpha value is -1.10. The van der Waals surface area contributed by atoms with Crippen LogP contribution in [0.4, 0.5) is 4.39 Å². The van der Waals surface area contributed by atoms with E-state index in [9.17, 15) is 4.39 Å². The smallest absolute Gasteiger partial charge is 0.165 e. The Morgan fingerprint density at radius 3 is 2.78 bits per heavy atom. The molecule has 0 radical (unpaired) electrons. The van der Waals surface area contributed by atoms with Crippen molar-refractivity contribution in [3.63, 3.8) is 0 Å². The molecule has 0 aliphatic carbocycles. The molecule has 2 N–H and O–H groups in total. The molecule has 0 aliphatic heterocycles. The average Bonchev–Trinajstić information content (AvgIpc) is 2.36. The number of nitrogens with two attached hydrogens (primary N) is 1. The van der Waals surface area contributed by atoms with Gasteiger partial charge in [-0.2, -0.15) is 0 Å². The minimum absolute atomic E-state index is 0.104. The second-order valence-corrected chi connectivity index (χ2v) is 4.93. The van der Waals surface area contributed by atoms with E-state index in [1.54, 1.807) is 30.3 Å². The van der Waals surface area contributed by atoms with Crippen LogP contribution in [0.15, 0.2) is 40.9 Å². The zero-order valence-corrected chi connectivity index (χ0v) is 11.6. The van der Waals surface area contributed by atoms with Gasteiger partial charge in [-0.1, -0.05) is 39.7 Å². The van der Waals surface area contributed by atoms with Crippen molar-refractivity contribution in [3.8, 4) is 11.5 Å². The van der Waals surface area contributed by atoms with Crippen LogP contribution >= 0.6 is 27.5 Å². The van der Waals surface area contributed by atoms with Crippen LogP contribution in [-0.2, 0) is 6.54 Å². The highest BCUT2D eigenvalue weighted by Crippen LogP contribution is 2.34. The highest BCUT2D eigenvalue weighted by atomic mass is 79.9. The summed E-state index contributed by atoms with van der Waals surface area (Å²) >= 11 is 9.29. The molecular weight excluding hydrogens is 321 g/mol. The number of ether oxygens (including phenoxy) is 1. The van der Waals surface area contributed by atoms with Gasteiger partial charge in [0.2, 0.25) is 0 Å². The van der Waals surface area contributed by atoms with Gasteiger partial charge in [-0.3, -0.25) is 0 Å². The molecule has 18 heavy (non-hydrogen) atoms. The summed E-state index contributed by atoms with van der Waals surface area (Å²) < 4.78 is 19.9. The molecule has 0 saturated heterocycles. The number of para-hydroxylation sites is 1. The monoisotopic (exact) mass is 329 g/mol. The van der Waals surface area contributed by atoms with Gasteiger partial charge in [0.05, 0.1) is 5.02 Å². The molecule has 5 heteroatoms. The van der Waals surface area contributed by atoms with E-state index in [0.29, 0.717) is 10.8 Å². The number of hydrogen-bond donors (Lipinski definition) is 1. The van der Waals surface area contributed by atoms with Gasteiger partial charge >= 0.3 is 0 Å². The number of halogens is 3. The van der Waals surface area contributed by atoms with E-state index in [0.717, 1.165) is 10.0 Å². The molecule has 0 saturated carbocycles. The zero-order valence-electron chi connectivity index (χ0n) is 9.29. The maximum absolute atomic E-state index is 13.6. The lowest BCUT2D eigenvalue weighted by Crippen LogP contribution is -2.00. The molecule has 2 aromatic rings. The highest BCUT2D eigenvalue weighted by Gasteiger charge is 2.11. The van der Waals surface area contributed by atoms with Gasteiger partial charge in [0.1, 0.15) is 0 Å². The van der Waals surface area contributed by atoms with Crippen LogP contribution in [0.2, 0.25) is 5.02 Å². The first-order valence-corrected chi connectivity index (χ1v) is 6.39. The normalized spacial score (nSPS) is 10.4. The molecule has 0 aromatic heterocycles. The number of hydrogen-bond acceptors (Lipinski definition) is 2. The van der Waals surface area contributed by atoms with Crippen molar-refractivity contribution in [1.29, 1.82) is 0 Å². The van der Waals surface area contributed by atoms with Crippen molar-refractivity contribution in [3.05, 3.63) is 57.3 Å². The summed E-state index contributed by atoms with van der Waals surface area (Å²) in [5, 5.41) is 0.400.